The van der Waals surface area contributed by atoms with Crippen molar-refractivity contribution >= 4 is 11.7 Å². The largest absolute Gasteiger partial charge is 0.383 e. The Morgan fingerprint density at radius 2 is 1.84 bits per heavy atom. The van der Waals surface area contributed by atoms with E-state index in [1.54, 1.807) is 30.3 Å². The molecule has 0 atom stereocenters. The van der Waals surface area contributed by atoms with Gasteiger partial charge in [-0.2, -0.15) is 0 Å². The molecule has 31 heavy (non-hydrogen) atoms. The number of nitrogen functional groups attached to an aromatic ring is 1. The third-order valence-electron chi connectivity index (χ3n) is 5.69. The molecule has 1 amide bonds. The number of anilines is 1. The highest BCUT2D eigenvalue weighted by Gasteiger charge is 2.18. The number of nitrogens with zero attached hydrogens (tertiary/aromatic N) is 1. The fourth-order valence-electron chi connectivity index (χ4n) is 3.89. The van der Waals surface area contributed by atoms with Gasteiger partial charge in [0.1, 0.15) is 12.5 Å². The summed E-state index contributed by atoms with van der Waals surface area (Å²) in [6.07, 6.45) is 3.82. The van der Waals surface area contributed by atoms with E-state index in [2.05, 4.69) is 16.4 Å². The summed E-state index contributed by atoms with van der Waals surface area (Å²) in [4.78, 5) is 16.9. The number of amides is 1. The molecule has 1 aromatic heterocycles. The van der Waals surface area contributed by atoms with Crippen LogP contribution < -0.4 is 11.1 Å². The molecular weight excluding hydrogens is 393 g/mol. The van der Waals surface area contributed by atoms with Gasteiger partial charge in [0.15, 0.2) is 0 Å². The summed E-state index contributed by atoms with van der Waals surface area (Å²) in [6.45, 7) is 1.37. The summed E-state index contributed by atoms with van der Waals surface area (Å²) < 4.78 is 18.3. The van der Waals surface area contributed by atoms with Gasteiger partial charge < -0.3 is 15.8 Å². The van der Waals surface area contributed by atoms with Crippen molar-refractivity contribution in [1.82, 2.24) is 10.3 Å². The fourth-order valence-corrected chi connectivity index (χ4v) is 3.89. The van der Waals surface area contributed by atoms with Crippen molar-refractivity contribution in [2.24, 2.45) is 0 Å². The van der Waals surface area contributed by atoms with Crippen LogP contribution in [0.4, 0.5) is 10.2 Å². The number of ether oxygens (including phenoxy) is 1. The first-order chi connectivity index (χ1) is 15.1. The SMILES string of the molecule is Nc1ncc(C2CCOCC2)cc1-c1ccc(C(=O)NCc2cccc(CF)c2)cc1. The Balaban J connectivity index is 1.45. The summed E-state index contributed by atoms with van der Waals surface area (Å²) >= 11 is 0. The first-order valence-corrected chi connectivity index (χ1v) is 10.5. The van der Waals surface area contributed by atoms with Crippen LogP contribution in [0.15, 0.2) is 60.8 Å². The van der Waals surface area contributed by atoms with Crippen LogP contribution in [0.5, 0.6) is 0 Å². The Kier molecular flexibility index (Phi) is 6.57. The molecule has 0 radical (unpaired) electrons. The standard InChI is InChI=1S/C25H26FN3O2/c26-14-17-2-1-3-18(12-17)15-29-25(30)21-6-4-20(5-7-21)23-13-22(16-28-24(23)27)19-8-10-31-11-9-19/h1-7,12-13,16,19H,8-11,14-15H2,(H2,27,28)(H,29,30). The molecule has 4 rings (SSSR count). The van der Waals surface area contributed by atoms with Gasteiger partial charge in [-0.1, -0.05) is 36.4 Å². The average Bonchev–Trinajstić information content (AvgIpc) is 2.83. The Hall–Kier alpha value is -3.25. The highest BCUT2D eigenvalue weighted by Crippen LogP contribution is 2.32. The zero-order valence-electron chi connectivity index (χ0n) is 17.3. The maximum atomic E-state index is 12.8. The zero-order chi connectivity index (χ0) is 21.6. The molecule has 0 bridgehead atoms. The van der Waals surface area contributed by atoms with Crippen LogP contribution in [0, 0.1) is 0 Å². The van der Waals surface area contributed by atoms with Crippen LogP contribution >= 0.6 is 0 Å². The third-order valence-corrected chi connectivity index (χ3v) is 5.69. The molecule has 0 saturated carbocycles. The molecule has 0 unspecified atom stereocenters. The van der Waals surface area contributed by atoms with Crippen molar-refractivity contribution < 1.29 is 13.9 Å². The second-order valence-corrected chi connectivity index (χ2v) is 7.80. The molecule has 1 aliphatic heterocycles. The second-order valence-electron chi connectivity index (χ2n) is 7.80. The van der Waals surface area contributed by atoms with Gasteiger partial charge in [-0.05, 0) is 59.2 Å². The molecule has 3 N–H and O–H groups in total. The van der Waals surface area contributed by atoms with Crippen molar-refractivity contribution in [3.63, 3.8) is 0 Å². The van der Waals surface area contributed by atoms with Crippen LogP contribution in [0.25, 0.3) is 11.1 Å². The van der Waals surface area contributed by atoms with Gasteiger partial charge in [0.2, 0.25) is 0 Å². The molecule has 1 aliphatic rings. The topological polar surface area (TPSA) is 77.2 Å². The van der Waals surface area contributed by atoms with Crippen LogP contribution in [0.1, 0.15) is 45.8 Å². The predicted octanol–water partition coefficient (Wildman–Crippen LogP) is 4.62. The third kappa shape index (κ3) is 5.09. The Morgan fingerprint density at radius 1 is 1.10 bits per heavy atom. The van der Waals surface area contributed by atoms with Gasteiger partial charge in [0.05, 0.1) is 0 Å². The summed E-state index contributed by atoms with van der Waals surface area (Å²) in [7, 11) is 0. The number of benzene rings is 2. The minimum atomic E-state index is -0.517. The maximum absolute atomic E-state index is 12.8. The van der Waals surface area contributed by atoms with E-state index in [0.717, 1.165) is 42.7 Å². The number of nitrogens with two attached hydrogens (primary N) is 1. The summed E-state index contributed by atoms with van der Waals surface area (Å²) in [5.74, 6) is 0.724. The number of nitrogens with one attached hydrogen (secondary N) is 1. The quantitative estimate of drug-likeness (QED) is 0.611. The summed E-state index contributed by atoms with van der Waals surface area (Å²) in [5.41, 5.74) is 11.1. The average molecular weight is 420 g/mol. The van der Waals surface area contributed by atoms with Gasteiger partial charge in [-0.3, -0.25) is 4.79 Å². The van der Waals surface area contributed by atoms with Gasteiger partial charge in [0.25, 0.3) is 5.91 Å². The number of hydrogen-bond donors (Lipinski definition) is 2. The van der Waals surface area contributed by atoms with E-state index in [1.807, 2.05) is 24.4 Å². The molecule has 6 heteroatoms. The lowest BCUT2D eigenvalue weighted by atomic mass is 9.91. The molecule has 1 fully saturated rings. The molecule has 0 aliphatic carbocycles. The van der Waals surface area contributed by atoms with Crippen LogP contribution in [0.2, 0.25) is 0 Å². The molecule has 1 saturated heterocycles. The summed E-state index contributed by atoms with van der Waals surface area (Å²) in [6, 6.07) is 16.6. The highest BCUT2D eigenvalue weighted by atomic mass is 19.1. The second kappa shape index (κ2) is 9.71. The Bertz CT molecular complexity index is 1050. The molecule has 5 nitrogen and oxygen atoms in total. The van der Waals surface area contributed by atoms with Crippen LogP contribution in [0.3, 0.4) is 0 Å². The maximum Gasteiger partial charge on any atom is 0.251 e. The van der Waals surface area contributed by atoms with E-state index in [1.165, 1.54) is 5.56 Å². The van der Waals surface area contributed by atoms with E-state index in [0.29, 0.717) is 29.4 Å². The molecule has 3 aromatic rings. The van der Waals surface area contributed by atoms with E-state index >= 15 is 0 Å². The summed E-state index contributed by atoms with van der Waals surface area (Å²) in [5, 5.41) is 2.88. The monoisotopic (exact) mass is 419 g/mol. The first kappa shape index (κ1) is 21.0. The lowest BCUT2D eigenvalue weighted by Crippen LogP contribution is -2.22. The highest BCUT2D eigenvalue weighted by molar-refractivity contribution is 5.94. The van der Waals surface area contributed by atoms with Gasteiger partial charge >= 0.3 is 0 Å². The first-order valence-electron chi connectivity index (χ1n) is 10.5. The zero-order valence-corrected chi connectivity index (χ0v) is 17.3. The Morgan fingerprint density at radius 3 is 2.58 bits per heavy atom. The van der Waals surface area contributed by atoms with Gasteiger partial charge in [0, 0.05) is 37.1 Å². The number of carbonyl (C=O) groups excluding carboxylic acids is 1. The number of alkyl halides is 1. The van der Waals surface area contributed by atoms with Gasteiger partial charge in [-0.15, -0.1) is 0 Å². The van der Waals surface area contributed by atoms with E-state index in [-0.39, 0.29) is 5.91 Å². The number of hydrogen-bond acceptors (Lipinski definition) is 4. The van der Waals surface area contributed by atoms with E-state index in [4.69, 9.17) is 10.5 Å². The molecular formula is C25H26FN3O2. The number of rotatable bonds is 6. The number of aromatic nitrogens is 1. The minimum Gasteiger partial charge on any atom is -0.383 e. The van der Waals surface area contributed by atoms with Gasteiger partial charge in [-0.25, -0.2) is 9.37 Å². The van der Waals surface area contributed by atoms with Crippen molar-refractivity contribution in [1.29, 1.82) is 0 Å². The lowest BCUT2D eigenvalue weighted by molar-refractivity contribution is 0.0853. The predicted molar refractivity (Wildman–Crippen MR) is 119 cm³/mol. The number of halogens is 1. The van der Waals surface area contributed by atoms with Crippen LogP contribution in [-0.4, -0.2) is 24.1 Å². The smallest absolute Gasteiger partial charge is 0.251 e. The normalized spacial score (nSPS) is 14.4. The van der Waals surface area contributed by atoms with Crippen molar-refractivity contribution in [2.45, 2.75) is 32.0 Å². The minimum absolute atomic E-state index is 0.181. The Labute approximate surface area is 181 Å². The lowest BCUT2D eigenvalue weighted by Gasteiger charge is -2.22. The van der Waals surface area contributed by atoms with E-state index < -0.39 is 6.67 Å². The van der Waals surface area contributed by atoms with E-state index in [9.17, 15) is 9.18 Å². The number of pyridine rings is 1. The molecule has 2 heterocycles. The van der Waals surface area contributed by atoms with Crippen molar-refractivity contribution in [2.75, 3.05) is 18.9 Å². The fraction of sp³-hybridized carbons (Fsp3) is 0.280. The van der Waals surface area contributed by atoms with Crippen molar-refractivity contribution in [3.05, 3.63) is 83.0 Å². The number of carbonyl (C=O) groups is 1. The molecule has 2 aromatic carbocycles. The molecule has 160 valence electrons. The van der Waals surface area contributed by atoms with Crippen LogP contribution in [-0.2, 0) is 18.0 Å². The molecule has 0 spiro atoms. The van der Waals surface area contributed by atoms with Crippen molar-refractivity contribution in [3.8, 4) is 11.1 Å².